The van der Waals surface area contributed by atoms with Crippen LogP contribution in [0.4, 0.5) is 0 Å². The molecule has 0 amide bonds. The van der Waals surface area contributed by atoms with Crippen LogP contribution in [0.25, 0.3) is 22.1 Å². The summed E-state index contributed by atoms with van der Waals surface area (Å²) in [5, 5.41) is 21.6. The predicted molar refractivity (Wildman–Crippen MR) is 170 cm³/mol. The zero-order chi connectivity index (χ0) is 33.4. The molecule has 5 heterocycles. The molecule has 0 saturated carbocycles. The van der Waals surface area contributed by atoms with Gasteiger partial charge < -0.3 is 24.9 Å². The fourth-order valence-electron chi connectivity index (χ4n) is 7.65. The Labute approximate surface area is 265 Å². The van der Waals surface area contributed by atoms with E-state index in [4.69, 9.17) is 14.7 Å². The lowest BCUT2D eigenvalue weighted by Crippen LogP contribution is -2.42. The molecule has 11 nitrogen and oxygen atoms in total. The zero-order valence-electron chi connectivity index (χ0n) is 27.0. The Kier molecular flexibility index (Phi) is 7.50. The van der Waals surface area contributed by atoms with Crippen molar-refractivity contribution in [1.29, 1.82) is 0 Å². The standard InChI is InChI=1S/C35H38N4O7/c1-8-19-14(2)21-13-26-28(18(6)40)16(4)23(37-26)11-22-15(3)20(9-10-27(41)42)31(38-22)30-32-29(33(43)35(30,45)34(44)46-7)17(5)24(39-32)12-25(19)36-21/h11-15,19-20,37,39,45H,8-10H2,1-7H3,(H,41,42)/t14-,15+,19-,20+,35?/m1/s1. The predicted octanol–water partition coefficient (Wildman–Crippen LogP) is 5.74. The summed E-state index contributed by atoms with van der Waals surface area (Å²) in [6.45, 7) is 11.2. The van der Waals surface area contributed by atoms with Crippen LogP contribution in [0.15, 0.2) is 18.2 Å². The molecule has 3 aromatic rings. The number of fused-ring (bicyclic) bond motifs is 8. The summed E-state index contributed by atoms with van der Waals surface area (Å²) in [5.41, 5.74) is 3.82. The van der Waals surface area contributed by atoms with Crippen molar-refractivity contribution in [2.45, 2.75) is 90.1 Å². The van der Waals surface area contributed by atoms with E-state index in [0.29, 0.717) is 33.4 Å². The van der Waals surface area contributed by atoms with E-state index in [1.165, 1.54) is 6.92 Å². The highest BCUT2D eigenvalue weighted by Gasteiger charge is 2.57. The lowest BCUT2D eigenvalue weighted by Gasteiger charge is -2.23. The summed E-state index contributed by atoms with van der Waals surface area (Å²) in [7, 11) is 1.10. The van der Waals surface area contributed by atoms with Crippen molar-refractivity contribution in [2.75, 3.05) is 7.11 Å². The third-order valence-corrected chi connectivity index (χ3v) is 10.2. The number of carboxylic acids is 1. The average Bonchev–Trinajstić information content (AvgIpc) is 3.72. The fraction of sp³-hybridized carbons (Fsp3) is 0.429. The molecule has 2 aliphatic heterocycles. The highest BCUT2D eigenvalue weighted by atomic mass is 16.5. The molecule has 240 valence electrons. The van der Waals surface area contributed by atoms with Crippen LogP contribution in [0.3, 0.4) is 0 Å². The second-order valence-electron chi connectivity index (χ2n) is 12.8. The number of esters is 1. The van der Waals surface area contributed by atoms with Gasteiger partial charge in [-0.25, -0.2) is 4.79 Å². The molecule has 3 aliphatic rings. The summed E-state index contributed by atoms with van der Waals surface area (Å²) in [6, 6.07) is 5.65. The Hall–Kier alpha value is -4.64. The number of Topliss-reactive ketones (excluding diaryl/α,β-unsaturated/α-hetero) is 2. The Balaban J connectivity index is 1.84. The van der Waals surface area contributed by atoms with Gasteiger partial charge in [0.1, 0.15) is 0 Å². The van der Waals surface area contributed by atoms with Gasteiger partial charge in [0.25, 0.3) is 5.60 Å². The van der Waals surface area contributed by atoms with Gasteiger partial charge in [0.15, 0.2) is 5.78 Å². The van der Waals surface area contributed by atoms with Crippen molar-refractivity contribution in [3.63, 3.8) is 0 Å². The lowest BCUT2D eigenvalue weighted by atomic mass is 9.82. The summed E-state index contributed by atoms with van der Waals surface area (Å²) in [5.74, 6) is -3.90. The molecule has 0 spiro atoms. The number of nitrogens with zero attached hydrogens (tertiary/aromatic N) is 2. The first-order valence-electron chi connectivity index (χ1n) is 15.6. The summed E-state index contributed by atoms with van der Waals surface area (Å²) in [4.78, 5) is 68.7. The van der Waals surface area contributed by atoms with Crippen LogP contribution in [0.1, 0.15) is 131 Å². The number of aliphatic carboxylic acids is 1. The Morgan fingerprint density at radius 1 is 0.935 bits per heavy atom. The third kappa shape index (κ3) is 4.43. The first-order chi connectivity index (χ1) is 21.7. The van der Waals surface area contributed by atoms with Gasteiger partial charge >= 0.3 is 11.9 Å². The maximum Gasteiger partial charge on any atom is 0.351 e. The van der Waals surface area contributed by atoms with Crippen LogP contribution >= 0.6 is 0 Å². The minimum Gasteiger partial charge on any atom is -0.481 e. The van der Waals surface area contributed by atoms with Crippen molar-refractivity contribution in [3.8, 4) is 0 Å². The number of nitrogens with one attached hydrogen (secondary N) is 2. The fourth-order valence-corrected chi connectivity index (χ4v) is 7.65. The number of hydrogen-bond acceptors (Lipinski definition) is 8. The summed E-state index contributed by atoms with van der Waals surface area (Å²) in [6.07, 6.45) is 0.744. The van der Waals surface area contributed by atoms with E-state index >= 15 is 0 Å². The molecule has 0 aromatic carbocycles. The Morgan fingerprint density at radius 3 is 2.17 bits per heavy atom. The first kappa shape index (κ1) is 31.3. The van der Waals surface area contributed by atoms with Gasteiger partial charge in [-0.2, -0.15) is 0 Å². The minimum absolute atomic E-state index is 0.0255. The maximum absolute atomic E-state index is 14.1. The number of aryl methyl sites for hydroxylation is 2. The highest BCUT2D eigenvalue weighted by molar-refractivity contribution is 6.25. The first-order valence-corrected chi connectivity index (χ1v) is 15.6. The number of carbonyl (C=O) groups is 4. The van der Waals surface area contributed by atoms with Crippen LogP contribution in [0.2, 0.25) is 0 Å². The van der Waals surface area contributed by atoms with E-state index < -0.39 is 29.2 Å². The van der Waals surface area contributed by atoms with Crippen molar-refractivity contribution < 1.29 is 34.1 Å². The molecule has 4 N–H and O–H groups in total. The van der Waals surface area contributed by atoms with Gasteiger partial charge in [0.2, 0.25) is 5.78 Å². The Morgan fingerprint density at radius 2 is 1.54 bits per heavy atom. The molecule has 5 atom stereocenters. The highest BCUT2D eigenvalue weighted by Crippen LogP contribution is 2.49. The monoisotopic (exact) mass is 626 g/mol. The normalized spacial score (nSPS) is 23.5. The van der Waals surface area contributed by atoms with Crippen LogP contribution in [0, 0.1) is 13.8 Å². The van der Waals surface area contributed by atoms with Crippen LogP contribution in [0.5, 0.6) is 0 Å². The summed E-state index contributed by atoms with van der Waals surface area (Å²) < 4.78 is 4.98. The number of aromatic amines is 2. The van der Waals surface area contributed by atoms with Crippen molar-refractivity contribution >= 4 is 45.6 Å². The second kappa shape index (κ2) is 11.0. The molecule has 0 fully saturated rings. The van der Waals surface area contributed by atoms with E-state index in [9.17, 15) is 29.4 Å². The smallest absolute Gasteiger partial charge is 0.351 e. The number of carboxylic acid groups (broad SMARTS) is 1. The second-order valence-corrected chi connectivity index (χ2v) is 12.8. The number of carbonyl (C=O) groups excluding carboxylic acids is 3. The van der Waals surface area contributed by atoms with E-state index in [-0.39, 0.29) is 58.7 Å². The van der Waals surface area contributed by atoms with Crippen LogP contribution in [-0.2, 0) is 19.9 Å². The van der Waals surface area contributed by atoms with Crippen LogP contribution < -0.4 is 0 Å². The molecule has 0 radical (unpaired) electrons. The van der Waals surface area contributed by atoms with Gasteiger partial charge in [-0.05, 0) is 62.9 Å². The number of aromatic nitrogens is 4. The van der Waals surface area contributed by atoms with E-state index in [0.717, 1.165) is 30.5 Å². The molecule has 0 saturated heterocycles. The van der Waals surface area contributed by atoms with Gasteiger partial charge in [-0.15, -0.1) is 0 Å². The lowest BCUT2D eigenvalue weighted by molar-refractivity contribution is -0.157. The number of rotatable bonds is 6. The number of ether oxygens (including phenoxy) is 1. The quantitative estimate of drug-likeness (QED) is 0.151. The number of methoxy groups -OCH3 is 1. The minimum atomic E-state index is -2.68. The van der Waals surface area contributed by atoms with Gasteiger partial charge in [0, 0.05) is 69.3 Å². The van der Waals surface area contributed by atoms with Crippen LogP contribution in [-0.4, -0.2) is 60.8 Å². The number of ketones is 2. The largest absolute Gasteiger partial charge is 0.481 e. The third-order valence-electron chi connectivity index (χ3n) is 10.2. The number of aliphatic hydroxyl groups is 1. The molecule has 11 heteroatoms. The van der Waals surface area contributed by atoms with Crippen molar-refractivity contribution in [3.05, 3.63) is 68.8 Å². The molecule has 3 aromatic heterocycles. The molecule has 46 heavy (non-hydrogen) atoms. The zero-order valence-corrected chi connectivity index (χ0v) is 27.0. The van der Waals surface area contributed by atoms with Crippen molar-refractivity contribution in [1.82, 2.24) is 19.9 Å². The van der Waals surface area contributed by atoms with Gasteiger partial charge in [-0.3, -0.25) is 24.4 Å². The molecular weight excluding hydrogens is 588 g/mol. The molecule has 1 aliphatic carbocycles. The van der Waals surface area contributed by atoms with E-state index in [1.54, 1.807) is 6.92 Å². The molecule has 8 bridgehead atoms. The average molecular weight is 627 g/mol. The SMILES string of the molecule is CC[C@H]1c2cc3[nH]c4c(c3C)C(=O)C(O)(C(=O)OC)c4c3nc(cc4[nH]c(cc(n2)[C@@H]1C)c(C(C)=O)c4C)[C@@H](C)[C@@H]3CCC(=O)O. The molecule has 1 unspecified atom stereocenters. The van der Waals surface area contributed by atoms with E-state index in [1.807, 2.05) is 32.0 Å². The summed E-state index contributed by atoms with van der Waals surface area (Å²) >= 11 is 0. The van der Waals surface area contributed by atoms with E-state index in [2.05, 4.69) is 23.8 Å². The Bertz CT molecular complexity index is 2020. The molecular formula is C35H38N4O7. The number of hydrogen-bond donors (Lipinski definition) is 4. The van der Waals surface area contributed by atoms with Gasteiger partial charge in [-0.1, -0.05) is 20.8 Å². The van der Waals surface area contributed by atoms with Gasteiger partial charge in [0.05, 0.1) is 29.4 Å². The number of H-pyrrole nitrogens is 2. The maximum atomic E-state index is 14.1. The molecule has 6 rings (SSSR count). The van der Waals surface area contributed by atoms with Crippen molar-refractivity contribution in [2.24, 2.45) is 0 Å². The topological polar surface area (TPSA) is 175 Å².